The Hall–Kier alpha value is -1.22. The Labute approximate surface area is 87.6 Å². The Morgan fingerprint density at radius 3 is 2.57 bits per heavy atom. The number of thioether (sulfide) groups is 1. The van der Waals surface area contributed by atoms with E-state index in [1.165, 1.54) is 17.3 Å². The van der Waals surface area contributed by atoms with E-state index in [1.54, 1.807) is 5.41 Å². The predicted molar refractivity (Wildman–Crippen MR) is 58.5 cm³/mol. The van der Waals surface area contributed by atoms with Crippen LogP contribution in [0.2, 0.25) is 0 Å². The van der Waals surface area contributed by atoms with Crippen molar-refractivity contribution in [3.63, 3.8) is 0 Å². The van der Waals surface area contributed by atoms with Gasteiger partial charge in [-0.25, -0.2) is 4.79 Å². The highest BCUT2D eigenvalue weighted by atomic mass is 32.2. The van der Waals surface area contributed by atoms with Gasteiger partial charge >= 0.3 is 5.97 Å². The van der Waals surface area contributed by atoms with Crippen LogP contribution in [0.3, 0.4) is 0 Å². The van der Waals surface area contributed by atoms with Crippen LogP contribution in [0.15, 0.2) is 40.6 Å². The fourth-order valence-electron chi connectivity index (χ4n) is 0.975. The molecule has 0 heterocycles. The van der Waals surface area contributed by atoms with E-state index in [0.29, 0.717) is 0 Å². The number of carbonyl (C=O) groups is 1. The first kappa shape index (κ1) is 10.9. The summed E-state index contributed by atoms with van der Waals surface area (Å²) in [6.07, 6.45) is 2.16. The number of hydrogen-bond acceptors (Lipinski definition) is 2. The van der Waals surface area contributed by atoms with Gasteiger partial charge in [0.2, 0.25) is 0 Å². The Balaban J connectivity index is 2.56. The zero-order valence-electron chi connectivity index (χ0n) is 7.93. The minimum Gasteiger partial charge on any atom is -0.478 e. The fraction of sp³-hybridized carbons (Fsp3) is 0.182. The van der Waals surface area contributed by atoms with Crippen LogP contribution in [-0.4, -0.2) is 11.1 Å². The molecule has 1 rings (SSSR count). The van der Waals surface area contributed by atoms with Gasteiger partial charge in [0.1, 0.15) is 0 Å². The van der Waals surface area contributed by atoms with Gasteiger partial charge in [0.05, 0.1) is 0 Å². The maximum absolute atomic E-state index is 10.2. The molecule has 0 bridgehead atoms. The number of carboxylic acids is 1. The van der Waals surface area contributed by atoms with E-state index in [-0.39, 0.29) is 0 Å². The second-order valence-corrected chi connectivity index (χ2v) is 3.74. The molecular weight excluding hydrogens is 196 g/mol. The van der Waals surface area contributed by atoms with Crippen molar-refractivity contribution in [2.45, 2.75) is 18.2 Å². The molecule has 0 aliphatic heterocycles. The molecule has 0 amide bonds. The van der Waals surface area contributed by atoms with E-state index in [9.17, 15) is 4.79 Å². The normalized spacial score (nSPS) is 10.6. The van der Waals surface area contributed by atoms with E-state index in [2.05, 4.69) is 19.1 Å². The van der Waals surface area contributed by atoms with E-state index in [4.69, 9.17) is 5.11 Å². The third-order valence-electron chi connectivity index (χ3n) is 1.75. The fourth-order valence-corrected chi connectivity index (χ4v) is 1.61. The molecule has 1 N–H and O–H groups in total. The molecular formula is C11H12O2S. The second-order valence-electron chi connectivity index (χ2n) is 2.76. The molecule has 0 spiro atoms. The molecule has 2 nitrogen and oxygen atoms in total. The molecule has 1 aromatic rings. The molecule has 0 fully saturated rings. The number of carboxylic acid groups (broad SMARTS) is 1. The van der Waals surface area contributed by atoms with Gasteiger partial charge in [-0.15, -0.1) is 0 Å². The van der Waals surface area contributed by atoms with E-state index >= 15 is 0 Å². The highest BCUT2D eigenvalue weighted by Gasteiger charge is 1.92. The highest BCUT2D eigenvalue weighted by molar-refractivity contribution is 8.02. The smallest absolute Gasteiger partial charge is 0.328 e. The number of rotatable bonds is 4. The van der Waals surface area contributed by atoms with Gasteiger partial charge in [-0.05, 0) is 29.5 Å². The van der Waals surface area contributed by atoms with Gasteiger partial charge in [-0.2, -0.15) is 0 Å². The average Bonchev–Trinajstić information content (AvgIpc) is 2.18. The summed E-state index contributed by atoms with van der Waals surface area (Å²) >= 11 is 1.41. The van der Waals surface area contributed by atoms with Gasteiger partial charge in [0.25, 0.3) is 0 Å². The Morgan fingerprint density at radius 1 is 1.43 bits per heavy atom. The van der Waals surface area contributed by atoms with Crippen molar-refractivity contribution in [2.75, 3.05) is 0 Å². The molecule has 0 aliphatic rings. The number of aryl methyl sites for hydroxylation is 1. The molecule has 0 atom stereocenters. The van der Waals surface area contributed by atoms with Crippen molar-refractivity contribution in [1.29, 1.82) is 0 Å². The first-order chi connectivity index (χ1) is 6.72. The van der Waals surface area contributed by atoms with Crippen molar-refractivity contribution in [2.24, 2.45) is 0 Å². The second kappa shape index (κ2) is 5.50. The first-order valence-corrected chi connectivity index (χ1v) is 5.25. The summed E-state index contributed by atoms with van der Waals surface area (Å²) in [5.74, 6) is -0.914. The lowest BCUT2D eigenvalue weighted by atomic mass is 10.2. The lowest BCUT2D eigenvalue weighted by Crippen LogP contribution is -1.84. The van der Waals surface area contributed by atoms with E-state index in [1.807, 2.05) is 12.1 Å². The number of benzene rings is 1. The van der Waals surface area contributed by atoms with Crippen molar-refractivity contribution in [3.8, 4) is 0 Å². The standard InChI is InChI=1S/C11H12O2S/c1-2-9-3-5-10(6-4-9)14-8-7-11(12)13/h3-8H,2H2,1H3,(H,12,13)/b8-7+. The van der Waals surface area contributed by atoms with Gasteiger partial charge in [-0.3, -0.25) is 0 Å². The van der Waals surface area contributed by atoms with Crippen molar-refractivity contribution in [1.82, 2.24) is 0 Å². The first-order valence-electron chi connectivity index (χ1n) is 4.37. The maximum atomic E-state index is 10.2. The minimum absolute atomic E-state index is 0.914. The van der Waals surface area contributed by atoms with Crippen molar-refractivity contribution < 1.29 is 9.90 Å². The Kier molecular flexibility index (Phi) is 4.26. The molecule has 0 saturated carbocycles. The average molecular weight is 208 g/mol. The molecule has 0 aromatic heterocycles. The molecule has 0 radical (unpaired) electrons. The van der Waals surface area contributed by atoms with E-state index in [0.717, 1.165) is 17.4 Å². The molecule has 74 valence electrons. The minimum atomic E-state index is -0.914. The predicted octanol–water partition coefficient (Wildman–Crippen LogP) is 2.94. The van der Waals surface area contributed by atoms with Crippen LogP contribution < -0.4 is 0 Å². The van der Waals surface area contributed by atoms with Crippen LogP contribution >= 0.6 is 11.8 Å². The molecule has 3 heteroatoms. The van der Waals surface area contributed by atoms with Crippen molar-refractivity contribution in [3.05, 3.63) is 41.3 Å². The highest BCUT2D eigenvalue weighted by Crippen LogP contribution is 2.19. The lowest BCUT2D eigenvalue weighted by Gasteiger charge is -1.98. The van der Waals surface area contributed by atoms with Crippen LogP contribution in [-0.2, 0) is 11.2 Å². The van der Waals surface area contributed by atoms with Gasteiger partial charge in [0, 0.05) is 11.0 Å². The molecule has 1 aromatic carbocycles. The largest absolute Gasteiger partial charge is 0.478 e. The van der Waals surface area contributed by atoms with Crippen LogP contribution in [0, 0.1) is 0 Å². The lowest BCUT2D eigenvalue weighted by molar-refractivity contribution is -0.131. The Bertz CT molecular complexity index is 328. The van der Waals surface area contributed by atoms with Crippen LogP contribution in [0.1, 0.15) is 12.5 Å². The summed E-state index contributed by atoms with van der Waals surface area (Å²) in [6, 6.07) is 8.10. The SMILES string of the molecule is CCc1ccc(S/C=C/C(=O)O)cc1. The van der Waals surface area contributed by atoms with Crippen LogP contribution in [0.4, 0.5) is 0 Å². The molecule has 0 aliphatic carbocycles. The summed E-state index contributed by atoms with van der Waals surface area (Å²) in [5.41, 5.74) is 1.29. The summed E-state index contributed by atoms with van der Waals surface area (Å²) in [6.45, 7) is 2.10. The summed E-state index contributed by atoms with van der Waals surface area (Å²) in [4.78, 5) is 11.2. The van der Waals surface area contributed by atoms with Gasteiger partial charge < -0.3 is 5.11 Å². The summed E-state index contributed by atoms with van der Waals surface area (Å²) < 4.78 is 0. The monoisotopic (exact) mass is 208 g/mol. The summed E-state index contributed by atoms with van der Waals surface area (Å²) in [5, 5.41) is 9.95. The molecule has 0 saturated heterocycles. The molecule has 0 unspecified atom stereocenters. The topological polar surface area (TPSA) is 37.3 Å². The third-order valence-corrected chi connectivity index (χ3v) is 2.56. The van der Waals surface area contributed by atoms with Crippen LogP contribution in [0.5, 0.6) is 0 Å². The summed E-state index contributed by atoms with van der Waals surface area (Å²) in [7, 11) is 0. The quantitative estimate of drug-likeness (QED) is 0.610. The van der Waals surface area contributed by atoms with Gasteiger partial charge in [0.15, 0.2) is 0 Å². The Morgan fingerprint density at radius 2 is 2.07 bits per heavy atom. The maximum Gasteiger partial charge on any atom is 0.328 e. The number of aliphatic carboxylic acids is 1. The van der Waals surface area contributed by atoms with Crippen LogP contribution in [0.25, 0.3) is 0 Å². The van der Waals surface area contributed by atoms with E-state index < -0.39 is 5.97 Å². The zero-order chi connectivity index (χ0) is 10.4. The zero-order valence-corrected chi connectivity index (χ0v) is 8.75. The molecule has 14 heavy (non-hydrogen) atoms. The number of hydrogen-bond donors (Lipinski definition) is 1. The van der Waals surface area contributed by atoms with Crippen molar-refractivity contribution >= 4 is 17.7 Å². The third kappa shape index (κ3) is 3.66. The van der Waals surface area contributed by atoms with Gasteiger partial charge in [-0.1, -0.05) is 30.8 Å².